The lowest BCUT2D eigenvalue weighted by molar-refractivity contribution is 0.621. The first-order valence-electron chi connectivity index (χ1n) is 5.81. The van der Waals surface area contributed by atoms with Crippen LogP contribution in [-0.4, -0.2) is 14.8 Å². The molecule has 1 saturated carbocycles. The molecule has 3 rings (SSSR count). The van der Waals surface area contributed by atoms with E-state index in [-0.39, 0.29) is 5.56 Å². The first-order chi connectivity index (χ1) is 8.69. The summed E-state index contributed by atoms with van der Waals surface area (Å²) < 4.78 is 15.0. The number of nitriles is 1. The molecule has 1 aliphatic carbocycles. The van der Waals surface area contributed by atoms with Crippen LogP contribution in [0.25, 0.3) is 5.69 Å². The van der Waals surface area contributed by atoms with E-state index in [0.29, 0.717) is 11.6 Å². The third kappa shape index (κ3) is 1.76. The Labute approximate surface area is 104 Å². The lowest BCUT2D eigenvalue weighted by atomic mass is 10.1. The molecule has 0 aliphatic heterocycles. The van der Waals surface area contributed by atoms with Gasteiger partial charge in [-0.2, -0.15) is 10.4 Å². The molecule has 0 spiro atoms. The van der Waals surface area contributed by atoms with E-state index in [1.54, 1.807) is 17.9 Å². The molecule has 4 nitrogen and oxygen atoms in total. The van der Waals surface area contributed by atoms with Gasteiger partial charge in [0, 0.05) is 5.92 Å². The predicted molar refractivity (Wildman–Crippen MR) is 62.7 cm³/mol. The van der Waals surface area contributed by atoms with Crippen molar-refractivity contribution in [3.8, 4) is 11.8 Å². The zero-order chi connectivity index (χ0) is 12.7. The average Bonchev–Trinajstić information content (AvgIpc) is 3.09. The minimum atomic E-state index is -0.499. The quantitative estimate of drug-likeness (QED) is 0.812. The second kappa shape index (κ2) is 3.91. The van der Waals surface area contributed by atoms with Crippen LogP contribution in [-0.2, 0) is 0 Å². The number of rotatable bonds is 2. The largest absolute Gasteiger partial charge is 0.220 e. The van der Waals surface area contributed by atoms with Crippen LogP contribution in [0.3, 0.4) is 0 Å². The first kappa shape index (κ1) is 10.9. The van der Waals surface area contributed by atoms with Crippen LogP contribution in [0.1, 0.15) is 35.7 Å². The summed E-state index contributed by atoms with van der Waals surface area (Å²) >= 11 is 0. The number of benzene rings is 1. The van der Waals surface area contributed by atoms with Gasteiger partial charge in [-0.05, 0) is 37.5 Å². The van der Waals surface area contributed by atoms with Crippen LogP contribution in [0.5, 0.6) is 0 Å². The maximum Gasteiger partial charge on any atom is 0.154 e. The number of aromatic nitrogens is 3. The Bertz CT molecular complexity index is 649. The number of halogens is 1. The van der Waals surface area contributed by atoms with E-state index in [9.17, 15) is 4.39 Å². The molecule has 1 aromatic carbocycles. The fraction of sp³-hybridized carbons (Fsp3) is 0.308. The summed E-state index contributed by atoms with van der Waals surface area (Å²) in [6.45, 7) is 1.79. The average molecular weight is 242 g/mol. The molecule has 1 fully saturated rings. The summed E-state index contributed by atoms with van der Waals surface area (Å²) in [6, 6.07) is 4.70. The third-order valence-electron chi connectivity index (χ3n) is 3.10. The molecule has 1 aliphatic rings. The molecule has 5 heteroatoms. The van der Waals surface area contributed by atoms with Gasteiger partial charge in [-0.3, -0.25) is 0 Å². The van der Waals surface area contributed by atoms with Crippen LogP contribution >= 0.6 is 0 Å². The maximum atomic E-state index is 13.4. The van der Waals surface area contributed by atoms with E-state index in [2.05, 4.69) is 10.1 Å². The molecule has 0 bridgehead atoms. The Morgan fingerprint density at radius 1 is 1.44 bits per heavy atom. The van der Waals surface area contributed by atoms with Gasteiger partial charge in [0.25, 0.3) is 0 Å². The minimum Gasteiger partial charge on any atom is -0.220 e. The predicted octanol–water partition coefficient (Wildman–Crippen LogP) is 2.46. The summed E-state index contributed by atoms with van der Waals surface area (Å²) in [5.74, 6) is 0.806. The zero-order valence-electron chi connectivity index (χ0n) is 9.89. The molecule has 2 aromatic rings. The van der Waals surface area contributed by atoms with E-state index in [4.69, 9.17) is 5.26 Å². The second-order valence-electron chi connectivity index (χ2n) is 4.55. The Balaban J connectivity index is 2.07. The van der Waals surface area contributed by atoms with E-state index in [1.807, 2.05) is 6.07 Å². The number of hydrogen-bond donors (Lipinski definition) is 0. The highest BCUT2D eigenvalue weighted by molar-refractivity contribution is 5.47. The Kier molecular flexibility index (Phi) is 2.37. The molecule has 0 unspecified atom stereocenters. The lowest BCUT2D eigenvalue weighted by Crippen LogP contribution is -2.01. The number of aryl methyl sites for hydroxylation is 1. The van der Waals surface area contributed by atoms with E-state index in [0.717, 1.165) is 24.2 Å². The monoisotopic (exact) mass is 242 g/mol. The lowest BCUT2D eigenvalue weighted by Gasteiger charge is -2.06. The molecular formula is C13H11FN4. The van der Waals surface area contributed by atoms with Crippen molar-refractivity contribution in [3.05, 3.63) is 41.2 Å². The van der Waals surface area contributed by atoms with Gasteiger partial charge in [-0.15, -0.1) is 0 Å². The highest BCUT2D eigenvalue weighted by atomic mass is 19.1. The summed E-state index contributed by atoms with van der Waals surface area (Å²) in [4.78, 5) is 4.25. The van der Waals surface area contributed by atoms with Crippen molar-refractivity contribution in [1.29, 1.82) is 5.26 Å². The fourth-order valence-electron chi connectivity index (χ4n) is 1.91. The van der Waals surface area contributed by atoms with Crippen molar-refractivity contribution < 1.29 is 4.39 Å². The highest BCUT2D eigenvalue weighted by Gasteiger charge is 2.27. The van der Waals surface area contributed by atoms with Gasteiger partial charge in [0.15, 0.2) is 5.82 Å². The maximum absolute atomic E-state index is 13.4. The number of hydrogen-bond acceptors (Lipinski definition) is 3. The van der Waals surface area contributed by atoms with Gasteiger partial charge in [0.1, 0.15) is 18.2 Å². The van der Waals surface area contributed by atoms with Crippen molar-refractivity contribution in [2.45, 2.75) is 25.7 Å². The van der Waals surface area contributed by atoms with Crippen molar-refractivity contribution >= 4 is 0 Å². The van der Waals surface area contributed by atoms with Gasteiger partial charge in [0.2, 0.25) is 0 Å². The molecule has 1 heterocycles. The van der Waals surface area contributed by atoms with E-state index >= 15 is 0 Å². The molecule has 0 radical (unpaired) electrons. The smallest absolute Gasteiger partial charge is 0.154 e. The van der Waals surface area contributed by atoms with Gasteiger partial charge < -0.3 is 0 Å². The van der Waals surface area contributed by atoms with Crippen LogP contribution in [0.15, 0.2) is 18.5 Å². The van der Waals surface area contributed by atoms with E-state index < -0.39 is 5.82 Å². The van der Waals surface area contributed by atoms with Crippen molar-refractivity contribution in [1.82, 2.24) is 14.8 Å². The molecule has 0 saturated heterocycles. The van der Waals surface area contributed by atoms with Crippen LogP contribution < -0.4 is 0 Å². The summed E-state index contributed by atoms with van der Waals surface area (Å²) in [7, 11) is 0. The van der Waals surface area contributed by atoms with Crippen molar-refractivity contribution in [2.24, 2.45) is 0 Å². The second-order valence-corrected chi connectivity index (χ2v) is 4.55. The Hall–Kier alpha value is -2.22. The first-order valence-corrected chi connectivity index (χ1v) is 5.81. The molecule has 0 atom stereocenters. The van der Waals surface area contributed by atoms with Crippen molar-refractivity contribution in [3.63, 3.8) is 0 Å². The Morgan fingerprint density at radius 3 is 2.89 bits per heavy atom. The van der Waals surface area contributed by atoms with Gasteiger partial charge in [0.05, 0.1) is 11.3 Å². The molecule has 18 heavy (non-hydrogen) atoms. The third-order valence-corrected chi connectivity index (χ3v) is 3.10. The van der Waals surface area contributed by atoms with E-state index in [1.165, 1.54) is 12.1 Å². The fourth-order valence-corrected chi connectivity index (χ4v) is 1.91. The summed E-state index contributed by atoms with van der Waals surface area (Å²) in [5, 5.41) is 13.2. The summed E-state index contributed by atoms with van der Waals surface area (Å²) in [5.41, 5.74) is 1.46. The Morgan fingerprint density at radius 2 is 2.22 bits per heavy atom. The van der Waals surface area contributed by atoms with Gasteiger partial charge in [-0.1, -0.05) is 0 Å². The standard InChI is InChI=1S/C13H11FN4/c1-8-4-11(14)10(6-15)5-12(8)18-7-16-13(17-18)9-2-3-9/h4-5,7,9H,2-3H2,1H3. The topological polar surface area (TPSA) is 54.5 Å². The SMILES string of the molecule is Cc1cc(F)c(C#N)cc1-n1cnc(C2CC2)n1. The van der Waals surface area contributed by atoms with Crippen LogP contribution in [0.2, 0.25) is 0 Å². The number of nitrogens with zero attached hydrogens (tertiary/aromatic N) is 4. The molecule has 1 aromatic heterocycles. The zero-order valence-corrected chi connectivity index (χ0v) is 9.89. The molecule has 0 N–H and O–H groups in total. The van der Waals surface area contributed by atoms with Gasteiger partial charge in [-0.25, -0.2) is 14.1 Å². The molecular weight excluding hydrogens is 231 g/mol. The van der Waals surface area contributed by atoms with Crippen LogP contribution in [0, 0.1) is 24.1 Å². The van der Waals surface area contributed by atoms with Crippen LogP contribution in [0.4, 0.5) is 4.39 Å². The van der Waals surface area contributed by atoms with Crippen molar-refractivity contribution in [2.75, 3.05) is 0 Å². The highest BCUT2D eigenvalue weighted by Crippen LogP contribution is 2.37. The molecule has 0 amide bonds. The normalized spacial score (nSPS) is 14.5. The minimum absolute atomic E-state index is 0.0269. The molecule has 90 valence electrons. The summed E-state index contributed by atoms with van der Waals surface area (Å²) in [6.07, 6.45) is 3.89. The van der Waals surface area contributed by atoms with Gasteiger partial charge >= 0.3 is 0 Å².